The predicted molar refractivity (Wildman–Crippen MR) is 74.3 cm³/mol. The third-order valence-corrected chi connectivity index (χ3v) is 3.15. The third-order valence-electron chi connectivity index (χ3n) is 2.86. The summed E-state index contributed by atoms with van der Waals surface area (Å²) in [5.41, 5.74) is 0.993. The first-order valence-corrected chi connectivity index (χ1v) is 6.44. The molecule has 0 saturated heterocycles. The molecule has 0 spiro atoms. The molecule has 1 aromatic carbocycles. The summed E-state index contributed by atoms with van der Waals surface area (Å²) in [5.74, 6) is -0.519. The smallest absolute Gasteiger partial charge is 0.259 e. The van der Waals surface area contributed by atoms with Crippen molar-refractivity contribution in [2.45, 2.75) is 6.54 Å². The zero-order valence-electron chi connectivity index (χ0n) is 10.9. The van der Waals surface area contributed by atoms with Crippen LogP contribution in [0.5, 0.6) is 0 Å². The maximum atomic E-state index is 13.1. The van der Waals surface area contributed by atoms with Crippen LogP contribution in [0.1, 0.15) is 5.69 Å². The number of nitrogens with zero attached hydrogens (tertiary/aromatic N) is 6. The van der Waals surface area contributed by atoms with Gasteiger partial charge in [0.15, 0.2) is 0 Å². The number of nitro groups is 1. The molecule has 112 valence electrons. The Labute approximate surface area is 127 Å². The number of rotatable bonds is 4. The van der Waals surface area contributed by atoms with Gasteiger partial charge in [0.25, 0.3) is 0 Å². The van der Waals surface area contributed by atoms with Gasteiger partial charge in [-0.3, -0.25) is 14.8 Å². The average Bonchev–Trinajstić information content (AvgIpc) is 3.12. The first kappa shape index (κ1) is 14.1. The molecule has 2 aromatic heterocycles. The van der Waals surface area contributed by atoms with Gasteiger partial charge in [0.2, 0.25) is 0 Å². The highest BCUT2D eigenvalue weighted by atomic mass is 35.5. The molecule has 0 aliphatic rings. The lowest BCUT2D eigenvalue weighted by molar-refractivity contribution is -0.385. The van der Waals surface area contributed by atoms with Gasteiger partial charge in [0, 0.05) is 0 Å². The quantitative estimate of drug-likeness (QED) is 0.542. The van der Waals surface area contributed by atoms with Crippen molar-refractivity contribution in [3.63, 3.8) is 0 Å². The van der Waals surface area contributed by atoms with Crippen LogP contribution in [0, 0.1) is 15.9 Å². The van der Waals surface area contributed by atoms with Crippen molar-refractivity contribution in [2.24, 2.45) is 0 Å². The summed E-state index contributed by atoms with van der Waals surface area (Å²) in [5, 5.41) is 22.3. The van der Waals surface area contributed by atoms with E-state index < -0.39 is 10.7 Å². The molecule has 0 saturated carbocycles. The topological polar surface area (TPSA) is 91.7 Å². The lowest BCUT2D eigenvalue weighted by Gasteiger charge is -2.00. The van der Waals surface area contributed by atoms with Crippen molar-refractivity contribution >= 4 is 17.3 Å². The van der Waals surface area contributed by atoms with E-state index in [2.05, 4.69) is 15.4 Å². The molecule has 3 rings (SSSR count). The van der Waals surface area contributed by atoms with Gasteiger partial charge in [0.1, 0.15) is 23.9 Å². The number of halogens is 2. The molecule has 0 aliphatic carbocycles. The second-order valence-corrected chi connectivity index (χ2v) is 4.81. The van der Waals surface area contributed by atoms with E-state index in [0.717, 1.165) is 6.20 Å². The number of aromatic nitrogens is 5. The molecule has 0 bridgehead atoms. The minimum absolute atomic E-state index is 0.0164. The number of benzene rings is 1. The molecule has 8 nitrogen and oxygen atoms in total. The fourth-order valence-electron chi connectivity index (χ4n) is 1.82. The van der Waals surface area contributed by atoms with Gasteiger partial charge in [-0.05, 0) is 18.2 Å². The molecule has 22 heavy (non-hydrogen) atoms. The van der Waals surface area contributed by atoms with Gasteiger partial charge in [-0.25, -0.2) is 9.07 Å². The lowest BCUT2D eigenvalue weighted by atomic mass is 10.3. The molecular weight excluding hydrogens is 315 g/mol. The summed E-state index contributed by atoms with van der Waals surface area (Å²) in [6.07, 6.45) is 4.06. The highest BCUT2D eigenvalue weighted by molar-refractivity contribution is 6.30. The van der Waals surface area contributed by atoms with Crippen LogP contribution >= 0.6 is 11.6 Å². The molecule has 0 radical (unpaired) electrons. The van der Waals surface area contributed by atoms with E-state index in [0.29, 0.717) is 11.4 Å². The highest BCUT2D eigenvalue weighted by Gasteiger charge is 2.11. The summed E-state index contributed by atoms with van der Waals surface area (Å²) in [4.78, 5) is 10.1. The maximum absolute atomic E-state index is 13.1. The van der Waals surface area contributed by atoms with Gasteiger partial charge in [-0.1, -0.05) is 16.8 Å². The maximum Gasteiger partial charge on any atom is 0.307 e. The minimum atomic E-state index is -0.527. The van der Waals surface area contributed by atoms with E-state index in [1.807, 2.05) is 0 Å². The van der Waals surface area contributed by atoms with Crippen LogP contribution < -0.4 is 0 Å². The molecule has 2 heterocycles. The average molecular weight is 323 g/mol. The third kappa shape index (κ3) is 2.79. The summed E-state index contributed by atoms with van der Waals surface area (Å²) >= 11 is 5.72. The summed E-state index contributed by atoms with van der Waals surface area (Å²) in [6, 6.07) is 4.17. The van der Waals surface area contributed by atoms with Gasteiger partial charge >= 0.3 is 5.69 Å². The Kier molecular flexibility index (Phi) is 3.55. The number of hydrogen-bond donors (Lipinski definition) is 0. The molecule has 10 heteroatoms. The highest BCUT2D eigenvalue weighted by Crippen LogP contribution is 2.18. The lowest BCUT2D eigenvalue weighted by Crippen LogP contribution is -2.00. The van der Waals surface area contributed by atoms with E-state index in [9.17, 15) is 14.5 Å². The van der Waals surface area contributed by atoms with E-state index in [1.54, 1.807) is 6.20 Å². The van der Waals surface area contributed by atoms with Crippen LogP contribution in [0.25, 0.3) is 5.69 Å². The fourth-order valence-corrected chi connectivity index (χ4v) is 2.00. The summed E-state index contributed by atoms with van der Waals surface area (Å²) < 4.78 is 15.9. The van der Waals surface area contributed by atoms with Crippen LogP contribution in [0.3, 0.4) is 0 Å². The molecule has 0 atom stereocenters. The summed E-state index contributed by atoms with van der Waals surface area (Å²) in [7, 11) is 0. The van der Waals surface area contributed by atoms with Gasteiger partial charge in [0.05, 0.1) is 28.4 Å². The molecule has 0 aliphatic heterocycles. The molecular formula is C12H8ClFN6O2. The van der Waals surface area contributed by atoms with E-state index in [4.69, 9.17) is 11.6 Å². The van der Waals surface area contributed by atoms with E-state index in [-0.39, 0.29) is 17.3 Å². The largest absolute Gasteiger partial charge is 0.307 e. The molecule has 0 N–H and O–H groups in total. The van der Waals surface area contributed by atoms with Crippen LogP contribution in [0.2, 0.25) is 5.02 Å². The number of hydrogen-bond acceptors (Lipinski definition) is 5. The van der Waals surface area contributed by atoms with Gasteiger partial charge < -0.3 is 0 Å². The van der Waals surface area contributed by atoms with Crippen LogP contribution in [0.4, 0.5) is 10.1 Å². The summed E-state index contributed by atoms with van der Waals surface area (Å²) in [6.45, 7) is 0.225. The van der Waals surface area contributed by atoms with Crippen LogP contribution in [-0.4, -0.2) is 29.7 Å². The Hall–Kier alpha value is -2.81. The Morgan fingerprint density at radius 1 is 1.36 bits per heavy atom. The van der Waals surface area contributed by atoms with Crippen molar-refractivity contribution in [1.82, 2.24) is 24.8 Å². The van der Waals surface area contributed by atoms with Crippen molar-refractivity contribution in [2.75, 3.05) is 0 Å². The fraction of sp³-hybridized carbons (Fsp3) is 0.0833. The molecule has 0 fully saturated rings. The van der Waals surface area contributed by atoms with Crippen LogP contribution in [-0.2, 0) is 6.54 Å². The standard InChI is InChI=1S/C12H8ClFN6O2/c13-11-3-9(1-2-12(11)14)19-6-8(16-17-19)5-18-7-10(4-15-18)20(21)22/h1-4,6-7H,5H2. The van der Waals surface area contributed by atoms with Crippen molar-refractivity contribution < 1.29 is 9.31 Å². The van der Waals surface area contributed by atoms with E-state index >= 15 is 0 Å². The molecule has 0 unspecified atom stereocenters. The zero-order valence-corrected chi connectivity index (χ0v) is 11.7. The van der Waals surface area contributed by atoms with Crippen molar-refractivity contribution in [1.29, 1.82) is 0 Å². The predicted octanol–water partition coefficient (Wildman–Crippen LogP) is 2.21. The second-order valence-electron chi connectivity index (χ2n) is 4.41. The first-order valence-electron chi connectivity index (χ1n) is 6.06. The molecule has 3 aromatic rings. The zero-order chi connectivity index (χ0) is 15.7. The Balaban J connectivity index is 1.80. The Bertz CT molecular complexity index is 846. The van der Waals surface area contributed by atoms with Crippen molar-refractivity contribution in [3.05, 3.63) is 63.4 Å². The Morgan fingerprint density at radius 2 is 2.18 bits per heavy atom. The minimum Gasteiger partial charge on any atom is -0.259 e. The van der Waals surface area contributed by atoms with Gasteiger partial charge in [-0.2, -0.15) is 5.10 Å². The Morgan fingerprint density at radius 3 is 2.86 bits per heavy atom. The van der Waals surface area contributed by atoms with Crippen molar-refractivity contribution in [3.8, 4) is 5.69 Å². The monoisotopic (exact) mass is 322 g/mol. The van der Waals surface area contributed by atoms with E-state index in [1.165, 1.54) is 33.8 Å². The normalized spacial score (nSPS) is 10.8. The SMILES string of the molecule is O=[N+]([O-])c1cnn(Cc2cn(-c3ccc(F)c(Cl)c3)nn2)c1. The molecule has 0 amide bonds. The van der Waals surface area contributed by atoms with Gasteiger partial charge in [-0.15, -0.1) is 5.10 Å². The van der Waals surface area contributed by atoms with Crippen LogP contribution in [0.15, 0.2) is 36.8 Å². The first-order chi connectivity index (χ1) is 10.5. The second kappa shape index (κ2) is 5.53.